The summed E-state index contributed by atoms with van der Waals surface area (Å²) in [5.41, 5.74) is 5.02. The molecule has 0 aromatic carbocycles. The molecular weight excluding hydrogens is 248 g/mol. The first kappa shape index (κ1) is 12.9. The number of imidazole rings is 1. The number of aromatic amines is 2. The zero-order valence-corrected chi connectivity index (χ0v) is 10.6. The van der Waals surface area contributed by atoms with Crippen LogP contribution in [0.15, 0.2) is 22.0 Å². The molecule has 0 atom stereocenters. The van der Waals surface area contributed by atoms with E-state index in [0.29, 0.717) is 19.5 Å². The first-order chi connectivity index (χ1) is 9.13. The largest absolute Gasteiger partial charge is 0.383 e. The van der Waals surface area contributed by atoms with Crippen molar-refractivity contribution in [3.63, 3.8) is 0 Å². The minimum atomic E-state index is -0.508. The van der Waals surface area contributed by atoms with Crippen molar-refractivity contribution in [1.29, 1.82) is 0 Å². The van der Waals surface area contributed by atoms with Gasteiger partial charge in [-0.3, -0.25) is 14.3 Å². The highest BCUT2D eigenvalue weighted by Gasteiger charge is 2.10. The molecule has 8 heteroatoms. The van der Waals surface area contributed by atoms with Crippen molar-refractivity contribution in [1.82, 2.24) is 19.5 Å². The molecule has 0 aliphatic heterocycles. The van der Waals surface area contributed by atoms with E-state index < -0.39 is 11.2 Å². The van der Waals surface area contributed by atoms with Crippen molar-refractivity contribution in [3.8, 4) is 0 Å². The second-order valence-corrected chi connectivity index (χ2v) is 3.98. The molecule has 0 unspecified atom stereocenters. The number of hydrogen-bond acceptors (Lipinski definition) is 5. The van der Waals surface area contributed by atoms with Crippen LogP contribution in [-0.2, 0) is 13.0 Å². The van der Waals surface area contributed by atoms with E-state index in [4.69, 9.17) is 5.73 Å². The van der Waals surface area contributed by atoms with Crippen LogP contribution in [-0.4, -0.2) is 26.1 Å². The van der Waals surface area contributed by atoms with E-state index in [1.54, 1.807) is 19.3 Å². The molecule has 19 heavy (non-hydrogen) atoms. The Kier molecular flexibility index (Phi) is 3.69. The topological polar surface area (TPSA) is 122 Å². The maximum absolute atomic E-state index is 11.7. The first-order valence-electron chi connectivity index (χ1n) is 5.98. The average molecular weight is 264 g/mol. The molecule has 0 bridgehead atoms. The number of aromatic nitrogens is 4. The number of nitrogens with zero attached hydrogens (tertiary/aromatic N) is 2. The third-order valence-electron chi connectivity index (χ3n) is 2.77. The Bertz CT molecular complexity index is 655. The Morgan fingerprint density at radius 2 is 2.26 bits per heavy atom. The number of rotatable bonds is 5. The second kappa shape index (κ2) is 5.42. The fraction of sp³-hybridized carbons (Fsp3) is 0.364. The number of nitrogens with two attached hydrogens (primary N) is 1. The molecule has 0 saturated carbocycles. The summed E-state index contributed by atoms with van der Waals surface area (Å²) in [6.07, 6.45) is 4.01. The molecule has 5 N–H and O–H groups in total. The molecule has 0 radical (unpaired) electrons. The van der Waals surface area contributed by atoms with Gasteiger partial charge in [0.15, 0.2) is 0 Å². The van der Waals surface area contributed by atoms with Gasteiger partial charge in [-0.1, -0.05) is 0 Å². The van der Waals surface area contributed by atoms with Gasteiger partial charge in [-0.25, -0.2) is 9.78 Å². The van der Waals surface area contributed by atoms with Crippen LogP contribution in [0.5, 0.6) is 0 Å². The predicted molar refractivity (Wildman–Crippen MR) is 72.2 cm³/mol. The van der Waals surface area contributed by atoms with E-state index >= 15 is 0 Å². The third-order valence-corrected chi connectivity index (χ3v) is 2.77. The number of anilines is 2. The Hall–Kier alpha value is -2.51. The van der Waals surface area contributed by atoms with E-state index in [2.05, 4.69) is 20.3 Å². The average Bonchev–Trinajstić information content (AvgIpc) is 2.86. The summed E-state index contributed by atoms with van der Waals surface area (Å²) < 4.78 is 1.30. The molecule has 2 heterocycles. The van der Waals surface area contributed by atoms with Crippen LogP contribution in [0, 0.1) is 0 Å². The summed E-state index contributed by atoms with van der Waals surface area (Å²) >= 11 is 0. The van der Waals surface area contributed by atoms with E-state index in [9.17, 15) is 9.59 Å². The quantitative estimate of drug-likeness (QED) is 0.581. The van der Waals surface area contributed by atoms with Crippen molar-refractivity contribution in [2.75, 3.05) is 17.6 Å². The molecule has 8 nitrogen and oxygen atoms in total. The lowest BCUT2D eigenvalue weighted by Gasteiger charge is -2.11. The molecular formula is C11H16N6O2. The first-order valence-corrected chi connectivity index (χ1v) is 5.98. The lowest BCUT2D eigenvalue weighted by molar-refractivity contribution is 0.705. The van der Waals surface area contributed by atoms with Gasteiger partial charge in [-0.05, 0) is 6.92 Å². The van der Waals surface area contributed by atoms with Gasteiger partial charge in [0.05, 0.1) is 0 Å². The van der Waals surface area contributed by atoms with Gasteiger partial charge in [0.2, 0.25) is 0 Å². The van der Waals surface area contributed by atoms with Crippen LogP contribution in [0.2, 0.25) is 0 Å². The number of H-pyrrole nitrogens is 2. The van der Waals surface area contributed by atoms with Gasteiger partial charge < -0.3 is 16.0 Å². The Labute approximate surface area is 108 Å². The van der Waals surface area contributed by atoms with Crippen molar-refractivity contribution >= 4 is 11.5 Å². The van der Waals surface area contributed by atoms with Crippen molar-refractivity contribution in [2.24, 2.45) is 0 Å². The van der Waals surface area contributed by atoms with E-state index in [-0.39, 0.29) is 11.5 Å². The molecule has 2 aromatic heterocycles. The smallest absolute Gasteiger partial charge is 0.330 e. The van der Waals surface area contributed by atoms with E-state index in [1.165, 1.54) is 4.57 Å². The van der Waals surface area contributed by atoms with E-state index in [0.717, 1.165) is 5.82 Å². The predicted octanol–water partition coefficient (Wildman–Crippen LogP) is -0.484. The summed E-state index contributed by atoms with van der Waals surface area (Å²) in [7, 11) is 0. The summed E-state index contributed by atoms with van der Waals surface area (Å²) in [4.78, 5) is 32.4. The van der Waals surface area contributed by atoms with Crippen molar-refractivity contribution < 1.29 is 0 Å². The minimum Gasteiger partial charge on any atom is -0.383 e. The van der Waals surface area contributed by atoms with Gasteiger partial charge in [-0.2, -0.15) is 0 Å². The lowest BCUT2D eigenvalue weighted by Crippen LogP contribution is -2.34. The number of nitrogens with one attached hydrogen (secondary N) is 3. The van der Waals surface area contributed by atoms with Gasteiger partial charge in [0, 0.05) is 31.9 Å². The van der Waals surface area contributed by atoms with Crippen molar-refractivity contribution in [2.45, 2.75) is 19.9 Å². The highest BCUT2D eigenvalue weighted by atomic mass is 16.2. The van der Waals surface area contributed by atoms with Crippen molar-refractivity contribution in [3.05, 3.63) is 39.1 Å². The van der Waals surface area contributed by atoms with Crippen LogP contribution < -0.4 is 22.3 Å². The Balaban J connectivity index is 2.16. The lowest BCUT2D eigenvalue weighted by atomic mass is 10.3. The molecule has 0 aliphatic rings. The Morgan fingerprint density at radius 3 is 2.89 bits per heavy atom. The van der Waals surface area contributed by atoms with Crippen LogP contribution in [0.25, 0.3) is 0 Å². The molecule has 0 aliphatic carbocycles. The monoisotopic (exact) mass is 264 g/mol. The number of hydrogen-bond donors (Lipinski definition) is 4. The molecule has 0 amide bonds. The SMILES string of the molecule is CCn1c(N)c(NCCc2ncc[nH]2)c(=O)[nH]c1=O. The fourth-order valence-electron chi connectivity index (χ4n) is 1.81. The van der Waals surface area contributed by atoms with Crippen LogP contribution >= 0.6 is 0 Å². The van der Waals surface area contributed by atoms with E-state index in [1.807, 2.05) is 0 Å². The van der Waals surface area contributed by atoms with Crippen LogP contribution in [0.1, 0.15) is 12.7 Å². The molecule has 2 aromatic rings. The summed E-state index contributed by atoms with van der Waals surface area (Å²) in [5.74, 6) is 0.960. The third kappa shape index (κ3) is 2.67. The van der Waals surface area contributed by atoms with Gasteiger partial charge in [-0.15, -0.1) is 0 Å². The highest BCUT2D eigenvalue weighted by molar-refractivity contribution is 5.60. The zero-order valence-electron chi connectivity index (χ0n) is 10.6. The molecule has 0 saturated heterocycles. The number of nitrogen functional groups attached to an aromatic ring is 1. The normalized spacial score (nSPS) is 10.6. The molecule has 0 fully saturated rings. The summed E-state index contributed by atoms with van der Waals surface area (Å²) in [6.45, 7) is 2.67. The van der Waals surface area contributed by atoms with Gasteiger partial charge in [0.25, 0.3) is 5.56 Å². The minimum absolute atomic E-state index is 0.149. The molecule has 0 spiro atoms. The standard InChI is InChI=1S/C11H16N6O2/c1-2-17-9(12)8(10(18)16-11(17)19)15-4-3-7-13-5-6-14-7/h5-6,15H,2-4,12H2,1H3,(H,13,14)(H,16,18,19). The summed E-state index contributed by atoms with van der Waals surface area (Å²) in [6, 6.07) is 0. The highest BCUT2D eigenvalue weighted by Crippen LogP contribution is 2.09. The Morgan fingerprint density at radius 1 is 1.47 bits per heavy atom. The summed E-state index contributed by atoms with van der Waals surface area (Å²) in [5, 5.41) is 2.93. The van der Waals surface area contributed by atoms with Crippen LogP contribution in [0.4, 0.5) is 11.5 Å². The zero-order chi connectivity index (χ0) is 13.8. The fourth-order valence-corrected chi connectivity index (χ4v) is 1.81. The maximum Gasteiger partial charge on any atom is 0.330 e. The molecule has 2 rings (SSSR count). The second-order valence-electron chi connectivity index (χ2n) is 3.98. The van der Waals surface area contributed by atoms with Crippen LogP contribution in [0.3, 0.4) is 0 Å². The van der Waals surface area contributed by atoms with Gasteiger partial charge >= 0.3 is 5.69 Å². The molecule has 102 valence electrons. The van der Waals surface area contributed by atoms with Gasteiger partial charge in [0.1, 0.15) is 17.3 Å². The maximum atomic E-state index is 11.7.